The molecular formula is C54H54Cl4Si2Zr2. The molecule has 4 aliphatic rings. The van der Waals surface area contributed by atoms with E-state index in [9.17, 15) is 34.1 Å². The molecule has 10 rings (SSSR count). The van der Waals surface area contributed by atoms with Crippen LogP contribution in [0.1, 0.15) is 72.9 Å². The van der Waals surface area contributed by atoms with E-state index in [4.69, 9.17) is 0 Å². The molecule has 4 aliphatic carbocycles. The Morgan fingerprint density at radius 2 is 0.790 bits per heavy atom. The summed E-state index contributed by atoms with van der Waals surface area (Å²) in [5, 5.41) is 0. The van der Waals surface area contributed by atoms with E-state index in [0.717, 1.165) is 0 Å². The summed E-state index contributed by atoms with van der Waals surface area (Å²) < 4.78 is 0.907. The maximum atomic E-state index is 9.48. The number of fused-ring (bicyclic) bond motifs is 4. The predicted octanol–water partition coefficient (Wildman–Crippen LogP) is 16.3. The molecule has 0 spiro atoms. The summed E-state index contributed by atoms with van der Waals surface area (Å²) >= 11 is -12.0. The van der Waals surface area contributed by atoms with Gasteiger partial charge in [-0.2, -0.15) is 0 Å². The van der Waals surface area contributed by atoms with Crippen LogP contribution in [0.4, 0.5) is 0 Å². The van der Waals surface area contributed by atoms with Crippen molar-refractivity contribution in [2.24, 2.45) is 0 Å². The van der Waals surface area contributed by atoms with Gasteiger partial charge in [-0.3, -0.25) is 0 Å². The maximum absolute atomic E-state index is 9.48. The fraction of sp³-hybridized carbons (Fsp3) is 0.185. The number of rotatable bonds is 11. The number of benzene rings is 6. The first-order valence-corrected chi connectivity index (χ1v) is 59.0. The van der Waals surface area contributed by atoms with E-state index < -0.39 is 41.4 Å². The van der Waals surface area contributed by atoms with Crippen molar-refractivity contribution >= 4 is 71.6 Å². The zero-order chi connectivity index (χ0) is 43.3. The zero-order valence-corrected chi connectivity index (χ0v) is 46.7. The van der Waals surface area contributed by atoms with E-state index in [2.05, 4.69) is 209 Å². The first-order chi connectivity index (χ1) is 29.6. The van der Waals surface area contributed by atoms with Crippen LogP contribution in [0, 0.1) is 0 Å². The molecule has 0 heterocycles. The quantitative estimate of drug-likeness (QED) is 0.113. The van der Waals surface area contributed by atoms with Gasteiger partial charge >= 0.3 is 385 Å². The second-order valence-corrected chi connectivity index (χ2v) is 127. The summed E-state index contributed by atoms with van der Waals surface area (Å²) in [5.41, 5.74) is 17.5. The molecule has 314 valence electrons. The van der Waals surface area contributed by atoms with Crippen molar-refractivity contribution in [1.82, 2.24) is 0 Å². The van der Waals surface area contributed by atoms with Crippen molar-refractivity contribution in [2.75, 3.05) is 0 Å². The molecule has 0 saturated carbocycles. The molecule has 4 unspecified atom stereocenters. The summed E-state index contributed by atoms with van der Waals surface area (Å²) in [6.07, 6.45) is 14.3. The molecule has 0 fully saturated rings. The van der Waals surface area contributed by atoms with Crippen LogP contribution in [0.15, 0.2) is 169 Å². The van der Waals surface area contributed by atoms with Crippen LogP contribution in [0.25, 0.3) is 46.6 Å². The van der Waals surface area contributed by atoms with Crippen LogP contribution in [0.3, 0.4) is 0 Å². The average Bonchev–Trinajstić information content (AvgIpc) is 4.10. The van der Waals surface area contributed by atoms with Crippen LogP contribution in [0.2, 0.25) is 21.4 Å². The molecule has 8 heteroatoms. The Morgan fingerprint density at radius 1 is 0.435 bits per heavy atom. The van der Waals surface area contributed by atoms with Gasteiger partial charge in [0, 0.05) is 0 Å². The number of halogens is 4. The van der Waals surface area contributed by atoms with E-state index in [0.29, 0.717) is 8.26 Å². The molecule has 0 bridgehead atoms. The Balaban J connectivity index is 1.24. The SMILES string of the molecule is C[SiH2][Zr]([Cl])([Cl])([CH2][CH2][Zr]([Cl])([Cl])([SiH2]C)([CH]1C=Cc2ccccc21)[CH]1C(C)=Cc2c(-c3ccccc3)cccc21)([CH]1C=Cc2ccccc21)[CH]1C(C)=Cc2c(-c3ccccc3)cccc21. The third kappa shape index (κ3) is 6.06. The van der Waals surface area contributed by atoms with Crippen molar-refractivity contribution in [2.45, 2.75) is 49.7 Å². The van der Waals surface area contributed by atoms with Gasteiger partial charge in [-0.15, -0.1) is 0 Å². The summed E-state index contributed by atoms with van der Waals surface area (Å²) in [6, 6.07) is 52.9. The molecule has 62 heavy (non-hydrogen) atoms. The second kappa shape index (κ2) is 14.6. The third-order valence-electron chi connectivity index (χ3n) is 16.9. The monoisotopic (exact) mass is 1080 g/mol. The molecule has 6 aromatic rings. The zero-order valence-electron chi connectivity index (χ0n) is 36.0. The summed E-state index contributed by atoms with van der Waals surface area (Å²) in [7, 11) is 37.9. The van der Waals surface area contributed by atoms with Gasteiger partial charge in [-0.1, -0.05) is 0 Å². The summed E-state index contributed by atoms with van der Waals surface area (Å²) in [6.45, 7) is 7.05. The number of hydrogen-bond acceptors (Lipinski definition) is 0. The molecule has 0 N–H and O–H groups in total. The summed E-state index contributed by atoms with van der Waals surface area (Å²) in [5.74, 6) is 0. The average molecular weight is 1080 g/mol. The van der Waals surface area contributed by atoms with Gasteiger partial charge in [0.1, 0.15) is 0 Å². The topological polar surface area (TPSA) is 0 Å². The Morgan fingerprint density at radius 3 is 1.18 bits per heavy atom. The van der Waals surface area contributed by atoms with Crippen molar-refractivity contribution in [1.29, 1.82) is 0 Å². The molecule has 0 amide bonds. The third-order valence-corrected chi connectivity index (χ3v) is 129. The predicted molar refractivity (Wildman–Crippen MR) is 275 cm³/mol. The molecule has 0 aromatic heterocycles. The van der Waals surface area contributed by atoms with Gasteiger partial charge in [-0.05, 0) is 0 Å². The van der Waals surface area contributed by atoms with Gasteiger partial charge in [-0.25, -0.2) is 0 Å². The minimum atomic E-state index is -5.99. The number of allylic oxidation sites excluding steroid dienone is 4. The first-order valence-electron chi connectivity index (χ1n) is 22.5. The molecular weight excluding hydrogens is 1030 g/mol. The van der Waals surface area contributed by atoms with Crippen molar-refractivity contribution in [3.8, 4) is 22.3 Å². The van der Waals surface area contributed by atoms with Crippen LogP contribution in [-0.4, -0.2) is 13.3 Å². The van der Waals surface area contributed by atoms with Crippen LogP contribution >= 0.6 is 34.1 Å². The second-order valence-electron chi connectivity index (χ2n) is 19.7. The normalized spacial score (nSPS) is 22.5. The molecule has 4 atom stereocenters. The first kappa shape index (κ1) is 43.5. The Kier molecular flexibility index (Phi) is 10.2. The molecule has 0 radical (unpaired) electrons. The number of hydrogen-bond donors (Lipinski definition) is 0. The van der Waals surface area contributed by atoms with E-state index in [1.165, 1.54) is 77.9 Å². The fourth-order valence-corrected chi connectivity index (χ4v) is 129. The van der Waals surface area contributed by atoms with Gasteiger partial charge in [0.05, 0.1) is 0 Å². The Bertz CT molecular complexity index is 2790. The van der Waals surface area contributed by atoms with Gasteiger partial charge in [0.2, 0.25) is 0 Å². The van der Waals surface area contributed by atoms with E-state index in [1.54, 1.807) is 0 Å². The van der Waals surface area contributed by atoms with E-state index in [-0.39, 0.29) is 14.5 Å². The van der Waals surface area contributed by atoms with Crippen molar-refractivity contribution in [3.05, 3.63) is 213 Å². The van der Waals surface area contributed by atoms with Gasteiger partial charge < -0.3 is 0 Å². The van der Waals surface area contributed by atoms with Crippen molar-refractivity contribution in [3.63, 3.8) is 0 Å². The van der Waals surface area contributed by atoms with Crippen LogP contribution < -0.4 is 0 Å². The standard InChI is InChI=1S/2C16H13.2C9H7.C2H4.2CH5Si.4ClH.2Zr/c2*1-12-10-14-8-5-9-15(16(14)11-12)13-6-3-2-4-7-13;2*1-2-5-9-7-3-6-8(9)4-1;3*1-2;;;;;;/h2*2-11H,1H3;2*1-7H;1-2H2;2*2H2,1H3;4*1H;;/q;;;;;;;;;;;2*+2/p-4. The molecule has 0 saturated heterocycles. The fourth-order valence-electron chi connectivity index (χ4n) is 13.6. The van der Waals surface area contributed by atoms with Crippen LogP contribution in [-0.2, 0) is 28.1 Å². The minimum absolute atomic E-state index is 0.0996. The van der Waals surface area contributed by atoms with Crippen molar-refractivity contribution < 1.29 is 28.1 Å². The van der Waals surface area contributed by atoms with Gasteiger partial charge in [0.25, 0.3) is 0 Å². The van der Waals surface area contributed by atoms with Gasteiger partial charge in [0.15, 0.2) is 0 Å². The Labute approximate surface area is 380 Å². The van der Waals surface area contributed by atoms with E-state index >= 15 is 0 Å². The molecule has 6 aromatic carbocycles. The molecule has 0 nitrogen and oxygen atoms in total. The van der Waals surface area contributed by atoms with E-state index in [1.807, 2.05) is 0 Å². The molecule has 0 aliphatic heterocycles. The van der Waals surface area contributed by atoms with Crippen LogP contribution in [0.5, 0.6) is 0 Å². The Hall–Kier alpha value is -2.36. The summed E-state index contributed by atoms with van der Waals surface area (Å²) in [4.78, 5) is 0.